The Labute approximate surface area is 318 Å². The molecule has 0 spiro atoms. The average molecular weight is 783 g/mol. The second kappa shape index (κ2) is 15.2. The number of carbonyl (C=O) groups excluding carboxylic acids is 3. The molecule has 3 unspecified atom stereocenters. The molecule has 4 amide bonds. The Balaban J connectivity index is 1.27. The normalized spacial score (nSPS) is 22.9. The summed E-state index contributed by atoms with van der Waals surface area (Å²) in [4.78, 5) is 52.1. The standard InChI is InChI=1S/C37H43ClN6O7S2/c1-6-36(15-16-36)53(48,49)43-34(46)37-20-23(37)11-9-7-8-10-17-44(4)35(47)41-25(32(45)42-37)14-18-51-29-19-26(33-40-27(21-52-33)22(2)3)39-31-24(29)12-13-28(50-5)30(31)38/h1,9,11-13,19,21-23,25H,7-8,10,14-18,20H2,2-5H3,(H,41,47)(H,42,45)(H,43,46). The minimum absolute atomic E-state index is 0.0000918. The van der Waals surface area contributed by atoms with Crippen LogP contribution in [0.15, 0.2) is 35.7 Å². The lowest BCUT2D eigenvalue weighted by Gasteiger charge is -2.26. The molecule has 1 aromatic carbocycles. The van der Waals surface area contributed by atoms with Gasteiger partial charge in [-0.25, -0.2) is 27.9 Å². The number of urea groups is 1. The molecule has 0 saturated heterocycles. The van der Waals surface area contributed by atoms with Crippen LogP contribution in [-0.2, 0) is 19.6 Å². The number of halogens is 1. The predicted octanol–water partition coefficient (Wildman–Crippen LogP) is 5.15. The number of carbonyl (C=O) groups is 3. The number of nitrogens with one attached hydrogen (secondary N) is 3. The molecule has 3 atom stereocenters. The number of aromatic nitrogens is 2. The van der Waals surface area contributed by atoms with E-state index in [1.807, 2.05) is 17.5 Å². The number of methoxy groups -OCH3 is 1. The van der Waals surface area contributed by atoms with Gasteiger partial charge >= 0.3 is 6.03 Å². The van der Waals surface area contributed by atoms with Crippen molar-refractivity contribution in [3.8, 4) is 34.5 Å². The van der Waals surface area contributed by atoms with E-state index >= 15 is 0 Å². The van der Waals surface area contributed by atoms with E-state index in [2.05, 4.69) is 35.1 Å². The van der Waals surface area contributed by atoms with Crippen LogP contribution in [0.25, 0.3) is 21.6 Å². The summed E-state index contributed by atoms with van der Waals surface area (Å²) in [5, 5.41) is 9.15. The number of allylic oxidation sites excluding steroid dienone is 1. The molecule has 2 aromatic heterocycles. The quantitative estimate of drug-likeness (QED) is 0.186. The monoisotopic (exact) mass is 782 g/mol. The minimum Gasteiger partial charge on any atom is -0.495 e. The first kappa shape index (κ1) is 38.3. The number of hydrogen-bond donors (Lipinski definition) is 3. The predicted molar refractivity (Wildman–Crippen MR) is 203 cm³/mol. The summed E-state index contributed by atoms with van der Waals surface area (Å²) < 4.78 is 38.7. The molecular formula is C37H43ClN6O7S2. The fourth-order valence-electron chi connectivity index (χ4n) is 6.26. The molecule has 0 radical (unpaired) electrons. The van der Waals surface area contributed by atoms with E-state index in [1.165, 1.54) is 23.3 Å². The van der Waals surface area contributed by atoms with Gasteiger partial charge in [0.25, 0.3) is 15.9 Å². The van der Waals surface area contributed by atoms with E-state index in [0.717, 1.165) is 18.5 Å². The van der Waals surface area contributed by atoms with Crippen LogP contribution in [-0.4, -0.2) is 84.8 Å². The summed E-state index contributed by atoms with van der Waals surface area (Å²) >= 11 is 8.17. The molecule has 53 heavy (non-hydrogen) atoms. The summed E-state index contributed by atoms with van der Waals surface area (Å²) in [7, 11) is -1.04. The maximum atomic E-state index is 14.0. The molecule has 6 rings (SSSR count). The number of ether oxygens (including phenoxy) is 2. The summed E-state index contributed by atoms with van der Waals surface area (Å²) in [6.45, 7) is 4.54. The van der Waals surface area contributed by atoms with Crippen molar-refractivity contribution in [3.63, 3.8) is 0 Å². The number of amides is 4. The van der Waals surface area contributed by atoms with Gasteiger partial charge in [-0.3, -0.25) is 9.59 Å². The van der Waals surface area contributed by atoms with Gasteiger partial charge in [0.2, 0.25) is 5.91 Å². The Morgan fingerprint density at radius 3 is 2.68 bits per heavy atom. The Morgan fingerprint density at radius 2 is 2.00 bits per heavy atom. The van der Waals surface area contributed by atoms with E-state index in [1.54, 1.807) is 25.2 Å². The summed E-state index contributed by atoms with van der Waals surface area (Å²) in [5.74, 6) is 1.41. The number of benzene rings is 1. The minimum atomic E-state index is -4.20. The number of thiazole rings is 1. The Kier molecular flexibility index (Phi) is 11.0. The summed E-state index contributed by atoms with van der Waals surface area (Å²) in [5.41, 5.74) is 0.365. The topological polar surface area (TPSA) is 169 Å². The zero-order chi connectivity index (χ0) is 38.1. The lowest BCUT2D eigenvalue weighted by Crippen LogP contribution is -2.58. The van der Waals surface area contributed by atoms with E-state index in [9.17, 15) is 22.8 Å². The first-order valence-electron chi connectivity index (χ1n) is 17.5. The number of nitrogens with zero attached hydrogens (tertiary/aromatic N) is 3. The van der Waals surface area contributed by atoms with Crippen molar-refractivity contribution < 1.29 is 32.3 Å². The molecule has 0 bridgehead atoms. The van der Waals surface area contributed by atoms with Crippen LogP contribution >= 0.6 is 22.9 Å². The van der Waals surface area contributed by atoms with Crippen LogP contribution < -0.4 is 24.8 Å². The molecule has 3 aromatic rings. The van der Waals surface area contributed by atoms with Gasteiger partial charge in [0, 0.05) is 42.8 Å². The fraction of sp³-hybridized carbons (Fsp3) is 0.486. The second-order valence-corrected chi connectivity index (χ2v) is 17.3. The van der Waals surface area contributed by atoms with E-state index in [-0.39, 0.29) is 38.2 Å². The molecule has 1 aliphatic heterocycles. The van der Waals surface area contributed by atoms with Crippen molar-refractivity contribution in [3.05, 3.63) is 46.4 Å². The van der Waals surface area contributed by atoms with Crippen molar-refractivity contribution in [1.82, 2.24) is 30.2 Å². The van der Waals surface area contributed by atoms with Gasteiger partial charge in [0.05, 0.1) is 24.9 Å². The molecule has 13 nitrogen and oxygen atoms in total. The molecule has 16 heteroatoms. The molecule has 3 aliphatic rings. The molecule has 282 valence electrons. The maximum absolute atomic E-state index is 14.0. The van der Waals surface area contributed by atoms with Crippen molar-refractivity contribution >= 4 is 61.7 Å². The summed E-state index contributed by atoms with van der Waals surface area (Å²) in [6.07, 6.45) is 12.2. The smallest absolute Gasteiger partial charge is 0.317 e. The number of hydrogen-bond acceptors (Lipinski definition) is 10. The van der Waals surface area contributed by atoms with E-state index < -0.39 is 50.1 Å². The van der Waals surface area contributed by atoms with Gasteiger partial charge < -0.3 is 25.0 Å². The van der Waals surface area contributed by atoms with Crippen LogP contribution in [0.2, 0.25) is 5.02 Å². The SMILES string of the molecule is C#CC1(S(=O)(=O)NC(=O)C23CC2C=CCCCCN(C)C(=O)NC(CCOc2cc(-c4nc(C(C)C)cs4)nc4c(Cl)c(OC)ccc24)C(=O)N3)CC1. The zero-order valence-electron chi connectivity index (χ0n) is 30.0. The number of terminal acetylenes is 1. The molecule has 2 aliphatic carbocycles. The highest BCUT2D eigenvalue weighted by Crippen LogP contribution is 2.47. The van der Waals surface area contributed by atoms with E-state index in [0.29, 0.717) is 51.1 Å². The van der Waals surface area contributed by atoms with Crippen LogP contribution in [0.3, 0.4) is 0 Å². The summed E-state index contributed by atoms with van der Waals surface area (Å²) in [6, 6.07) is 3.62. The third kappa shape index (κ3) is 7.81. The Morgan fingerprint density at radius 1 is 1.23 bits per heavy atom. The van der Waals surface area contributed by atoms with Gasteiger partial charge in [-0.2, -0.15) is 0 Å². The fourth-order valence-corrected chi connectivity index (χ4v) is 8.90. The highest BCUT2D eigenvalue weighted by atomic mass is 35.5. The maximum Gasteiger partial charge on any atom is 0.317 e. The molecule has 3 N–H and O–H groups in total. The lowest BCUT2D eigenvalue weighted by molar-refractivity contribution is -0.130. The van der Waals surface area contributed by atoms with Crippen LogP contribution in [0.1, 0.15) is 70.4 Å². The van der Waals surface area contributed by atoms with Crippen LogP contribution in [0.4, 0.5) is 4.79 Å². The first-order valence-corrected chi connectivity index (χ1v) is 20.3. The second-order valence-electron chi connectivity index (χ2n) is 14.0. The first-order chi connectivity index (χ1) is 25.2. The molecule has 2 saturated carbocycles. The highest BCUT2D eigenvalue weighted by molar-refractivity contribution is 7.92. The van der Waals surface area contributed by atoms with Gasteiger partial charge in [-0.1, -0.05) is 43.5 Å². The van der Waals surface area contributed by atoms with Crippen LogP contribution in [0.5, 0.6) is 11.5 Å². The zero-order valence-corrected chi connectivity index (χ0v) is 32.4. The van der Waals surface area contributed by atoms with Crippen molar-refractivity contribution in [2.75, 3.05) is 27.3 Å². The highest BCUT2D eigenvalue weighted by Gasteiger charge is 2.63. The van der Waals surface area contributed by atoms with Crippen molar-refractivity contribution in [2.24, 2.45) is 5.92 Å². The Bertz CT molecular complexity index is 2110. The van der Waals surface area contributed by atoms with Crippen molar-refractivity contribution in [1.29, 1.82) is 0 Å². The van der Waals surface area contributed by atoms with E-state index in [4.69, 9.17) is 37.5 Å². The lowest BCUT2D eigenvalue weighted by atomic mass is 10.1. The Hall–Kier alpha value is -4.39. The van der Waals surface area contributed by atoms with Crippen LogP contribution in [0, 0.1) is 18.3 Å². The third-order valence-electron chi connectivity index (χ3n) is 9.98. The number of pyridine rings is 1. The number of rotatable bonds is 10. The molecular weight excluding hydrogens is 740 g/mol. The van der Waals surface area contributed by atoms with Gasteiger partial charge in [0.15, 0.2) is 4.75 Å². The third-order valence-corrected chi connectivity index (χ3v) is 13.2. The van der Waals surface area contributed by atoms with Crippen molar-refractivity contribution in [2.45, 2.75) is 81.0 Å². The molecule has 3 heterocycles. The van der Waals surface area contributed by atoms with Gasteiger partial charge in [-0.15, -0.1) is 17.8 Å². The largest absolute Gasteiger partial charge is 0.495 e. The number of fused-ring (bicyclic) bond motifs is 2. The van der Waals surface area contributed by atoms with Gasteiger partial charge in [-0.05, 0) is 56.6 Å². The number of sulfonamides is 1. The molecule has 2 fully saturated rings. The average Bonchev–Trinajstić information content (AvgIpc) is 4.02. The van der Waals surface area contributed by atoms with Gasteiger partial charge in [0.1, 0.15) is 38.8 Å².